The molecule has 0 amide bonds. The SMILES string of the molecule is CCOc1cc(/C=C2\N=C(c3ccc(C)c([N+](=O)[O-])c3)OC2=O)ccc1OCc1ccc(I)cc1. The molecule has 1 aliphatic rings. The number of nitro benzene ring substituents is 1. The highest BCUT2D eigenvalue weighted by atomic mass is 127. The third-order valence-corrected chi connectivity index (χ3v) is 5.87. The Bertz CT molecular complexity index is 1350. The van der Waals surface area contributed by atoms with Gasteiger partial charge in [-0.25, -0.2) is 9.79 Å². The minimum Gasteiger partial charge on any atom is -0.490 e. The molecule has 1 heterocycles. The van der Waals surface area contributed by atoms with Crippen LogP contribution in [0.15, 0.2) is 71.4 Å². The van der Waals surface area contributed by atoms with Crippen LogP contribution in [0, 0.1) is 20.6 Å². The number of hydrogen-bond acceptors (Lipinski definition) is 7. The highest BCUT2D eigenvalue weighted by molar-refractivity contribution is 14.1. The number of rotatable bonds is 8. The molecule has 8 nitrogen and oxygen atoms in total. The molecule has 0 saturated heterocycles. The van der Waals surface area contributed by atoms with Gasteiger partial charge in [0.05, 0.1) is 11.5 Å². The molecule has 0 bridgehead atoms. The number of halogens is 1. The van der Waals surface area contributed by atoms with E-state index in [0.29, 0.717) is 41.4 Å². The number of benzene rings is 3. The topological polar surface area (TPSA) is 100 Å². The molecule has 0 fully saturated rings. The minimum absolute atomic E-state index is 0.0202. The van der Waals surface area contributed by atoms with Crippen LogP contribution < -0.4 is 9.47 Å². The maximum absolute atomic E-state index is 12.4. The quantitative estimate of drug-likeness (QED) is 0.109. The molecule has 3 aromatic rings. The van der Waals surface area contributed by atoms with Gasteiger partial charge in [0.25, 0.3) is 5.69 Å². The summed E-state index contributed by atoms with van der Waals surface area (Å²) >= 11 is 2.25. The molecule has 0 unspecified atom stereocenters. The van der Waals surface area contributed by atoms with E-state index in [4.69, 9.17) is 14.2 Å². The number of ether oxygens (including phenoxy) is 3. The summed E-state index contributed by atoms with van der Waals surface area (Å²) < 4.78 is 18.1. The molecular weight excluding hydrogens is 563 g/mol. The molecule has 0 N–H and O–H groups in total. The molecule has 9 heteroatoms. The molecule has 178 valence electrons. The molecular formula is C26H21IN2O6. The second kappa shape index (κ2) is 10.7. The van der Waals surface area contributed by atoms with Crippen molar-refractivity contribution in [2.75, 3.05) is 6.61 Å². The van der Waals surface area contributed by atoms with E-state index in [1.807, 2.05) is 31.2 Å². The minimum atomic E-state index is -0.639. The number of carbonyl (C=O) groups is 1. The van der Waals surface area contributed by atoms with Gasteiger partial charge in [0.1, 0.15) is 6.61 Å². The van der Waals surface area contributed by atoms with Crippen molar-refractivity contribution in [2.24, 2.45) is 4.99 Å². The van der Waals surface area contributed by atoms with Gasteiger partial charge in [-0.1, -0.05) is 24.3 Å². The number of nitro groups is 1. The summed E-state index contributed by atoms with van der Waals surface area (Å²) in [6.45, 7) is 4.34. The number of aliphatic imine (C=N–C) groups is 1. The summed E-state index contributed by atoms with van der Waals surface area (Å²) in [4.78, 5) is 27.4. The van der Waals surface area contributed by atoms with Crippen LogP contribution in [-0.2, 0) is 16.1 Å². The molecule has 4 rings (SSSR count). The largest absolute Gasteiger partial charge is 0.490 e. The van der Waals surface area contributed by atoms with E-state index in [1.54, 1.807) is 43.3 Å². The fraction of sp³-hybridized carbons (Fsp3) is 0.154. The first kappa shape index (κ1) is 24.4. The molecule has 0 saturated carbocycles. The monoisotopic (exact) mass is 584 g/mol. The van der Waals surface area contributed by atoms with Gasteiger partial charge < -0.3 is 14.2 Å². The second-order valence-corrected chi connectivity index (χ2v) is 8.89. The predicted octanol–water partition coefficient (Wildman–Crippen LogP) is 5.83. The van der Waals surface area contributed by atoms with Gasteiger partial charge in [0, 0.05) is 20.8 Å². The fourth-order valence-corrected chi connectivity index (χ4v) is 3.73. The van der Waals surface area contributed by atoms with E-state index < -0.39 is 10.9 Å². The van der Waals surface area contributed by atoms with Gasteiger partial charge in [-0.05, 0) is 84.0 Å². The van der Waals surface area contributed by atoms with Crippen molar-refractivity contribution < 1.29 is 23.9 Å². The van der Waals surface area contributed by atoms with Crippen molar-refractivity contribution in [2.45, 2.75) is 20.5 Å². The molecule has 0 spiro atoms. The Morgan fingerprint density at radius 3 is 2.54 bits per heavy atom. The first-order chi connectivity index (χ1) is 16.8. The lowest BCUT2D eigenvalue weighted by atomic mass is 10.1. The van der Waals surface area contributed by atoms with Gasteiger partial charge in [-0.3, -0.25) is 10.1 Å². The lowest BCUT2D eigenvalue weighted by molar-refractivity contribution is -0.385. The standard InChI is InChI=1S/C26H21IN2O6/c1-3-33-24-13-18(7-11-23(24)34-15-17-5-9-20(27)10-6-17)12-21-26(30)35-25(28-21)19-8-4-16(2)22(14-19)29(31)32/h4-14H,3,15H2,1-2H3/b21-12-. The Balaban J connectivity index is 1.57. The van der Waals surface area contributed by atoms with Crippen molar-refractivity contribution in [3.05, 3.63) is 102 Å². The van der Waals surface area contributed by atoms with Crippen molar-refractivity contribution in [3.8, 4) is 11.5 Å². The molecule has 0 atom stereocenters. The summed E-state index contributed by atoms with van der Waals surface area (Å²) in [7, 11) is 0. The van der Waals surface area contributed by atoms with Crippen LogP contribution in [0.2, 0.25) is 0 Å². The van der Waals surface area contributed by atoms with Crippen molar-refractivity contribution in [1.29, 1.82) is 0 Å². The van der Waals surface area contributed by atoms with E-state index >= 15 is 0 Å². The molecule has 35 heavy (non-hydrogen) atoms. The Hall–Kier alpha value is -3.73. The van der Waals surface area contributed by atoms with Crippen LogP contribution >= 0.6 is 22.6 Å². The van der Waals surface area contributed by atoms with Crippen molar-refractivity contribution in [3.63, 3.8) is 0 Å². The Morgan fingerprint density at radius 2 is 1.83 bits per heavy atom. The molecule has 0 radical (unpaired) electrons. The number of esters is 1. The Morgan fingerprint density at radius 1 is 1.06 bits per heavy atom. The molecule has 1 aliphatic heterocycles. The maximum Gasteiger partial charge on any atom is 0.363 e. The lowest BCUT2D eigenvalue weighted by Gasteiger charge is -2.13. The van der Waals surface area contributed by atoms with Crippen LogP contribution in [-0.4, -0.2) is 23.4 Å². The Kier molecular flexibility index (Phi) is 7.45. The lowest BCUT2D eigenvalue weighted by Crippen LogP contribution is -2.06. The summed E-state index contributed by atoms with van der Waals surface area (Å²) in [6.07, 6.45) is 1.57. The normalized spacial score (nSPS) is 14.0. The van der Waals surface area contributed by atoms with Crippen LogP contribution in [0.25, 0.3) is 6.08 Å². The predicted molar refractivity (Wildman–Crippen MR) is 140 cm³/mol. The number of nitrogens with zero attached hydrogens (tertiary/aromatic N) is 2. The summed E-state index contributed by atoms with van der Waals surface area (Å²) in [6, 6.07) is 17.9. The highest BCUT2D eigenvalue weighted by Crippen LogP contribution is 2.31. The zero-order valence-corrected chi connectivity index (χ0v) is 21.1. The summed E-state index contributed by atoms with van der Waals surface area (Å²) in [5, 5.41) is 11.2. The first-order valence-corrected chi connectivity index (χ1v) is 11.8. The van der Waals surface area contributed by atoms with Gasteiger partial charge >= 0.3 is 5.97 Å². The van der Waals surface area contributed by atoms with E-state index in [2.05, 4.69) is 27.6 Å². The number of carbonyl (C=O) groups excluding carboxylic acids is 1. The average Bonchev–Trinajstić information content (AvgIpc) is 3.20. The van der Waals surface area contributed by atoms with Crippen LogP contribution in [0.3, 0.4) is 0 Å². The van der Waals surface area contributed by atoms with Gasteiger partial charge in [-0.15, -0.1) is 0 Å². The average molecular weight is 584 g/mol. The van der Waals surface area contributed by atoms with Gasteiger partial charge in [0.2, 0.25) is 5.90 Å². The van der Waals surface area contributed by atoms with Crippen LogP contribution in [0.4, 0.5) is 5.69 Å². The Labute approximate surface area is 215 Å². The number of hydrogen-bond donors (Lipinski definition) is 0. The maximum atomic E-state index is 12.4. The fourth-order valence-electron chi connectivity index (χ4n) is 3.37. The third kappa shape index (κ3) is 5.86. The van der Waals surface area contributed by atoms with E-state index in [-0.39, 0.29) is 17.3 Å². The third-order valence-electron chi connectivity index (χ3n) is 5.15. The highest BCUT2D eigenvalue weighted by Gasteiger charge is 2.26. The van der Waals surface area contributed by atoms with Gasteiger partial charge in [0.15, 0.2) is 17.2 Å². The summed E-state index contributed by atoms with van der Waals surface area (Å²) in [5.41, 5.74) is 2.58. The van der Waals surface area contributed by atoms with Crippen molar-refractivity contribution >= 4 is 46.2 Å². The van der Waals surface area contributed by atoms with Gasteiger partial charge in [-0.2, -0.15) is 0 Å². The van der Waals surface area contributed by atoms with E-state index in [1.165, 1.54) is 6.07 Å². The second-order valence-electron chi connectivity index (χ2n) is 7.65. The van der Waals surface area contributed by atoms with Crippen LogP contribution in [0.1, 0.15) is 29.2 Å². The first-order valence-electron chi connectivity index (χ1n) is 10.8. The zero-order valence-electron chi connectivity index (χ0n) is 19.0. The molecule has 0 aliphatic carbocycles. The molecule has 0 aromatic heterocycles. The zero-order chi connectivity index (χ0) is 24.9. The van der Waals surface area contributed by atoms with E-state index in [9.17, 15) is 14.9 Å². The van der Waals surface area contributed by atoms with Crippen molar-refractivity contribution in [1.82, 2.24) is 0 Å². The molecule has 3 aromatic carbocycles. The summed E-state index contributed by atoms with van der Waals surface area (Å²) in [5.74, 6) is 0.502. The number of aryl methyl sites for hydroxylation is 1. The van der Waals surface area contributed by atoms with Crippen LogP contribution in [0.5, 0.6) is 11.5 Å². The smallest absolute Gasteiger partial charge is 0.363 e. The number of cyclic esters (lactones) is 1. The van der Waals surface area contributed by atoms with E-state index in [0.717, 1.165) is 9.13 Å².